The summed E-state index contributed by atoms with van der Waals surface area (Å²) in [7, 11) is 0. The number of carbonyl (C=O) groups is 1. The highest BCUT2D eigenvalue weighted by molar-refractivity contribution is 5.71. The standard InChI is InChI=1S/C11H20O/c1-3-4-5-6-7-8-9-11(2)10-12/h9-10H,3-8H2,1-2H3/b11-9+. The number of rotatable bonds is 7. The molecule has 1 nitrogen and oxygen atoms in total. The molecule has 1 heteroatoms. The Kier molecular flexibility index (Phi) is 8.09. The second-order valence-corrected chi connectivity index (χ2v) is 3.27. The molecule has 0 aliphatic rings. The Morgan fingerprint density at radius 2 is 1.83 bits per heavy atom. The Labute approximate surface area is 75.9 Å². The van der Waals surface area contributed by atoms with Gasteiger partial charge in [0.25, 0.3) is 0 Å². The second kappa shape index (κ2) is 8.51. The van der Waals surface area contributed by atoms with Gasteiger partial charge in [0.05, 0.1) is 0 Å². The molecule has 0 saturated carbocycles. The first-order valence-corrected chi connectivity index (χ1v) is 4.93. The van der Waals surface area contributed by atoms with Crippen LogP contribution in [0.2, 0.25) is 0 Å². The first-order chi connectivity index (χ1) is 5.81. The molecule has 70 valence electrons. The molecule has 0 heterocycles. The van der Waals surface area contributed by atoms with E-state index in [9.17, 15) is 4.79 Å². The van der Waals surface area contributed by atoms with Gasteiger partial charge in [0.15, 0.2) is 0 Å². The van der Waals surface area contributed by atoms with Crippen molar-refractivity contribution in [3.8, 4) is 0 Å². The van der Waals surface area contributed by atoms with E-state index in [1.165, 1.54) is 32.1 Å². The van der Waals surface area contributed by atoms with Gasteiger partial charge in [0.2, 0.25) is 0 Å². The van der Waals surface area contributed by atoms with Gasteiger partial charge in [0.1, 0.15) is 6.29 Å². The molecule has 0 aromatic rings. The van der Waals surface area contributed by atoms with Gasteiger partial charge in [0, 0.05) is 0 Å². The summed E-state index contributed by atoms with van der Waals surface area (Å²) in [5.41, 5.74) is 0.866. The molecule has 0 amide bonds. The summed E-state index contributed by atoms with van der Waals surface area (Å²) in [6, 6.07) is 0. The largest absolute Gasteiger partial charge is 0.298 e. The SMILES string of the molecule is CCCCCCC/C=C(\C)C=O. The maximum Gasteiger partial charge on any atom is 0.145 e. The van der Waals surface area contributed by atoms with Gasteiger partial charge in [-0.3, -0.25) is 4.79 Å². The van der Waals surface area contributed by atoms with Crippen molar-refractivity contribution in [1.82, 2.24) is 0 Å². The van der Waals surface area contributed by atoms with Gasteiger partial charge in [-0.15, -0.1) is 0 Å². The lowest BCUT2D eigenvalue weighted by Crippen LogP contribution is -1.79. The van der Waals surface area contributed by atoms with Crippen molar-refractivity contribution in [2.45, 2.75) is 52.4 Å². The van der Waals surface area contributed by atoms with Crippen LogP contribution >= 0.6 is 0 Å². The van der Waals surface area contributed by atoms with E-state index in [1.54, 1.807) is 0 Å². The van der Waals surface area contributed by atoms with Crippen LogP contribution in [0.25, 0.3) is 0 Å². The number of hydrogen-bond donors (Lipinski definition) is 0. The third-order valence-electron chi connectivity index (χ3n) is 1.96. The average Bonchev–Trinajstić information content (AvgIpc) is 2.10. The third kappa shape index (κ3) is 7.52. The van der Waals surface area contributed by atoms with E-state index in [-0.39, 0.29) is 0 Å². The van der Waals surface area contributed by atoms with Gasteiger partial charge >= 0.3 is 0 Å². The summed E-state index contributed by atoms with van der Waals surface area (Å²) in [4.78, 5) is 10.2. The van der Waals surface area contributed by atoms with E-state index in [0.717, 1.165) is 18.3 Å². The lowest BCUT2D eigenvalue weighted by Gasteiger charge is -1.96. The van der Waals surface area contributed by atoms with Crippen LogP contribution < -0.4 is 0 Å². The van der Waals surface area contributed by atoms with E-state index >= 15 is 0 Å². The molecular weight excluding hydrogens is 148 g/mol. The monoisotopic (exact) mass is 168 g/mol. The Morgan fingerprint density at radius 3 is 2.42 bits per heavy atom. The molecule has 0 rings (SSSR count). The number of aldehydes is 1. The molecule has 0 unspecified atom stereocenters. The van der Waals surface area contributed by atoms with Crippen molar-refractivity contribution >= 4 is 6.29 Å². The molecule has 0 spiro atoms. The Hall–Kier alpha value is -0.590. The van der Waals surface area contributed by atoms with Crippen molar-refractivity contribution in [1.29, 1.82) is 0 Å². The zero-order valence-corrected chi connectivity index (χ0v) is 8.31. The third-order valence-corrected chi connectivity index (χ3v) is 1.96. The Balaban J connectivity index is 3.15. The fourth-order valence-electron chi connectivity index (χ4n) is 1.13. The molecule has 0 N–H and O–H groups in total. The highest BCUT2D eigenvalue weighted by Gasteiger charge is 1.88. The van der Waals surface area contributed by atoms with Crippen molar-refractivity contribution in [3.63, 3.8) is 0 Å². The highest BCUT2D eigenvalue weighted by Crippen LogP contribution is 2.06. The van der Waals surface area contributed by atoms with Crippen LogP contribution in [0.3, 0.4) is 0 Å². The quantitative estimate of drug-likeness (QED) is 0.323. The van der Waals surface area contributed by atoms with Crippen molar-refractivity contribution < 1.29 is 4.79 Å². The van der Waals surface area contributed by atoms with Crippen LogP contribution in [-0.2, 0) is 4.79 Å². The summed E-state index contributed by atoms with van der Waals surface area (Å²) in [5, 5.41) is 0. The van der Waals surface area contributed by atoms with E-state index in [4.69, 9.17) is 0 Å². The maximum absolute atomic E-state index is 10.2. The van der Waals surface area contributed by atoms with Crippen molar-refractivity contribution in [2.24, 2.45) is 0 Å². The first kappa shape index (κ1) is 11.4. The van der Waals surface area contributed by atoms with Crippen LogP contribution in [0.15, 0.2) is 11.6 Å². The molecule has 0 aromatic heterocycles. The molecule has 0 radical (unpaired) electrons. The molecule has 0 saturated heterocycles. The topological polar surface area (TPSA) is 17.1 Å². The minimum Gasteiger partial charge on any atom is -0.298 e. The number of allylic oxidation sites excluding steroid dienone is 2. The number of carbonyl (C=O) groups excluding carboxylic acids is 1. The van der Waals surface area contributed by atoms with Crippen LogP contribution in [0.4, 0.5) is 0 Å². The van der Waals surface area contributed by atoms with Gasteiger partial charge in [-0.05, 0) is 25.3 Å². The molecule has 0 bridgehead atoms. The molecular formula is C11H20O. The van der Waals surface area contributed by atoms with Crippen LogP contribution in [0, 0.1) is 0 Å². The number of hydrogen-bond acceptors (Lipinski definition) is 1. The zero-order valence-electron chi connectivity index (χ0n) is 8.31. The minimum atomic E-state index is 0.866. The van der Waals surface area contributed by atoms with Gasteiger partial charge in [-0.1, -0.05) is 38.7 Å². The summed E-state index contributed by atoms with van der Waals surface area (Å²) >= 11 is 0. The predicted molar refractivity (Wildman–Crippen MR) is 53.2 cm³/mol. The van der Waals surface area contributed by atoms with Gasteiger partial charge < -0.3 is 0 Å². The van der Waals surface area contributed by atoms with Crippen molar-refractivity contribution in [3.05, 3.63) is 11.6 Å². The fourth-order valence-corrected chi connectivity index (χ4v) is 1.13. The predicted octanol–water partition coefficient (Wildman–Crippen LogP) is 3.49. The van der Waals surface area contributed by atoms with E-state index in [0.29, 0.717) is 0 Å². The van der Waals surface area contributed by atoms with E-state index in [1.807, 2.05) is 13.0 Å². The molecule has 0 aliphatic carbocycles. The lowest BCUT2D eigenvalue weighted by molar-refractivity contribution is -0.104. The summed E-state index contributed by atoms with van der Waals surface area (Å²) in [6.07, 6.45) is 10.5. The molecule has 0 aliphatic heterocycles. The van der Waals surface area contributed by atoms with Gasteiger partial charge in [-0.2, -0.15) is 0 Å². The van der Waals surface area contributed by atoms with Crippen molar-refractivity contribution in [2.75, 3.05) is 0 Å². The van der Waals surface area contributed by atoms with Crippen LogP contribution in [0.1, 0.15) is 52.4 Å². The Bertz CT molecular complexity index is 136. The zero-order chi connectivity index (χ0) is 9.23. The normalized spacial score (nSPS) is 11.7. The van der Waals surface area contributed by atoms with Gasteiger partial charge in [-0.25, -0.2) is 0 Å². The summed E-state index contributed by atoms with van der Waals surface area (Å²) in [6.45, 7) is 4.08. The van der Waals surface area contributed by atoms with Crippen LogP contribution in [0.5, 0.6) is 0 Å². The number of unbranched alkanes of at least 4 members (excludes halogenated alkanes) is 5. The fraction of sp³-hybridized carbons (Fsp3) is 0.727. The summed E-state index contributed by atoms with van der Waals surface area (Å²) < 4.78 is 0. The smallest absolute Gasteiger partial charge is 0.145 e. The second-order valence-electron chi connectivity index (χ2n) is 3.27. The average molecular weight is 168 g/mol. The molecule has 12 heavy (non-hydrogen) atoms. The molecule has 0 atom stereocenters. The molecule has 0 fully saturated rings. The minimum absolute atomic E-state index is 0.866. The van der Waals surface area contributed by atoms with E-state index in [2.05, 4.69) is 6.92 Å². The molecule has 0 aromatic carbocycles. The van der Waals surface area contributed by atoms with E-state index < -0.39 is 0 Å². The summed E-state index contributed by atoms with van der Waals surface area (Å²) in [5.74, 6) is 0. The highest BCUT2D eigenvalue weighted by atomic mass is 16.1. The maximum atomic E-state index is 10.2. The Morgan fingerprint density at radius 1 is 1.17 bits per heavy atom. The first-order valence-electron chi connectivity index (χ1n) is 4.93. The van der Waals surface area contributed by atoms with Crippen LogP contribution in [-0.4, -0.2) is 6.29 Å². The lowest BCUT2D eigenvalue weighted by atomic mass is 10.1.